The summed E-state index contributed by atoms with van der Waals surface area (Å²) in [4.78, 5) is 25.0. The highest BCUT2D eigenvalue weighted by molar-refractivity contribution is 6.03. The summed E-state index contributed by atoms with van der Waals surface area (Å²) in [5.41, 5.74) is 0.920. The molecule has 1 atom stereocenters. The predicted octanol–water partition coefficient (Wildman–Crippen LogP) is 3.50. The van der Waals surface area contributed by atoms with E-state index in [4.69, 9.17) is 4.74 Å². The average Bonchev–Trinajstić information content (AvgIpc) is 3.14. The lowest BCUT2D eigenvalue weighted by Crippen LogP contribution is -2.35. The lowest BCUT2D eigenvalue weighted by Gasteiger charge is -2.24. The number of amides is 2. The molecule has 0 unspecified atom stereocenters. The summed E-state index contributed by atoms with van der Waals surface area (Å²) < 4.78 is 46.7. The molecular formula is C20H15F3N4O3. The summed E-state index contributed by atoms with van der Waals surface area (Å²) in [6.45, 7) is 0. The number of carbonyl (C=O) groups is 2. The number of aromatic nitrogens is 2. The summed E-state index contributed by atoms with van der Waals surface area (Å²) >= 11 is 0. The lowest BCUT2D eigenvalue weighted by atomic mass is 10.1. The summed E-state index contributed by atoms with van der Waals surface area (Å²) in [7, 11) is 1.50. The van der Waals surface area contributed by atoms with Gasteiger partial charge in [0.25, 0.3) is 0 Å². The van der Waals surface area contributed by atoms with Gasteiger partial charge < -0.3 is 15.4 Å². The number of halogens is 3. The number of methoxy groups -OCH3 is 1. The Bertz CT molecular complexity index is 1140. The first-order valence-corrected chi connectivity index (χ1v) is 8.85. The van der Waals surface area contributed by atoms with Crippen LogP contribution in [0.1, 0.15) is 12.5 Å². The fourth-order valence-electron chi connectivity index (χ4n) is 3.29. The molecule has 4 rings (SSSR count). The zero-order valence-corrected chi connectivity index (χ0v) is 15.6. The van der Waals surface area contributed by atoms with E-state index in [9.17, 15) is 22.8 Å². The van der Waals surface area contributed by atoms with E-state index in [-0.39, 0.29) is 17.9 Å². The Morgan fingerprint density at radius 3 is 2.60 bits per heavy atom. The molecule has 2 heterocycles. The third kappa shape index (κ3) is 3.36. The molecule has 7 nitrogen and oxygen atoms in total. The molecule has 1 aliphatic rings. The number of rotatable bonds is 4. The molecule has 2 aromatic carbocycles. The first-order valence-electron chi connectivity index (χ1n) is 8.85. The highest BCUT2D eigenvalue weighted by Gasteiger charge is 2.34. The molecule has 0 saturated carbocycles. The number of nitrogens with zero attached hydrogens (tertiary/aromatic N) is 2. The minimum Gasteiger partial charge on any atom is -0.496 e. The molecule has 0 aliphatic carbocycles. The van der Waals surface area contributed by atoms with E-state index in [2.05, 4.69) is 15.7 Å². The van der Waals surface area contributed by atoms with Gasteiger partial charge in [-0.3, -0.25) is 9.59 Å². The van der Waals surface area contributed by atoms with Gasteiger partial charge in [-0.2, -0.15) is 5.10 Å². The number of hydrogen-bond acceptors (Lipinski definition) is 4. The average molecular weight is 416 g/mol. The molecule has 10 heteroatoms. The Morgan fingerprint density at radius 1 is 1.20 bits per heavy atom. The predicted molar refractivity (Wildman–Crippen MR) is 101 cm³/mol. The quantitative estimate of drug-likeness (QED) is 0.638. The second-order valence-corrected chi connectivity index (χ2v) is 6.56. The van der Waals surface area contributed by atoms with Crippen molar-refractivity contribution in [1.29, 1.82) is 0 Å². The van der Waals surface area contributed by atoms with Gasteiger partial charge in [-0.1, -0.05) is 18.2 Å². The maximum Gasteiger partial charge on any atom is 0.249 e. The molecule has 2 N–H and O–H groups in total. The molecule has 30 heavy (non-hydrogen) atoms. The standard InChI is InChI=1S/C20H15F3N4O3/c1-30-16-5-3-2-4-11(16)12-9-24-27-15(8-17(28)26-19(12)27)20(29)25-10-6-13(21)18(23)14(22)7-10/h2-7,9,15H,8H2,1H3,(H,25,29)(H,26,28)/t15-/m0/s1. The summed E-state index contributed by atoms with van der Waals surface area (Å²) in [6.07, 6.45) is 1.24. The van der Waals surface area contributed by atoms with Crippen LogP contribution in [0.25, 0.3) is 11.1 Å². The van der Waals surface area contributed by atoms with Crippen LogP contribution in [0.15, 0.2) is 42.6 Å². The van der Waals surface area contributed by atoms with Crippen LogP contribution in [0.4, 0.5) is 24.7 Å². The van der Waals surface area contributed by atoms with Crippen LogP contribution in [0.3, 0.4) is 0 Å². The van der Waals surface area contributed by atoms with Crippen molar-refractivity contribution in [2.24, 2.45) is 0 Å². The maximum absolute atomic E-state index is 13.4. The molecule has 1 aliphatic heterocycles. The molecule has 0 fully saturated rings. The number of para-hydroxylation sites is 1. The third-order valence-electron chi connectivity index (χ3n) is 4.68. The van der Waals surface area contributed by atoms with Gasteiger partial charge in [-0.25, -0.2) is 17.9 Å². The number of carbonyl (C=O) groups excluding carboxylic acids is 2. The fourth-order valence-corrected chi connectivity index (χ4v) is 3.29. The zero-order chi connectivity index (χ0) is 21.4. The minimum atomic E-state index is -1.64. The zero-order valence-electron chi connectivity index (χ0n) is 15.6. The lowest BCUT2D eigenvalue weighted by molar-refractivity contribution is -0.125. The van der Waals surface area contributed by atoms with Gasteiger partial charge in [-0.15, -0.1) is 0 Å². The van der Waals surface area contributed by atoms with Crippen molar-refractivity contribution in [3.8, 4) is 16.9 Å². The van der Waals surface area contributed by atoms with Crippen molar-refractivity contribution in [2.45, 2.75) is 12.5 Å². The van der Waals surface area contributed by atoms with E-state index in [1.54, 1.807) is 24.3 Å². The summed E-state index contributed by atoms with van der Waals surface area (Å²) in [6, 6.07) is 7.33. The maximum atomic E-state index is 13.4. The van der Waals surface area contributed by atoms with Crippen LogP contribution in [-0.4, -0.2) is 28.7 Å². The summed E-state index contributed by atoms with van der Waals surface area (Å²) in [5.74, 6) is -4.85. The Balaban J connectivity index is 1.68. The largest absolute Gasteiger partial charge is 0.496 e. The van der Waals surface area contributed by atoms with E-state index in [0.29, 0.717) is 29.0 Å². The first-order chi connectivity index (χ1) is 14.4. The molecule has 3 aromatic rings. The second-order valence-electron chi connectivity index (χ2n) is 6.56. The topological polar surface area (TPSA) is 85.2 Å². The summed E-state index contributed by atoms with van der Waals surface area (Å²) in [5, 5.41) is 9.21. The van der Waals surface area contributed by atoms with Crippen LogP contribution in [0.5, 0.6) is 5.75 Å². The molecular weight excluding hydrogens is 401 g/mol. The molecule has 1 aromatic heterocycles. The molecule has 2 amide bonds. The molecule has 0 bridgehead atoms. The minimum absolute atomic E-state index is 0.238. The van der Waals surface area contributed by atoms with Gasteiger partial charge in [0.05, 0.1) is 19.7 Å². The van der Waals surface area contributed by atoms with Crippen molar-refractivity contribution in [2.75, 3.05) is 17.7 Å². The highest BCUT2D eigenvalue weighted by Crippen LogP contribution is 2.38. The normalized spacial score (nSPS) is 15.3. The van der Waals surface area contributed by atoms with E-state index in [1.807, 2.05) is 0 Å². The van der Waals surface area contributed by atoms with Crippen LogP contribution < -0.4 is 15.4 Å². The van der Waals surface area contributed by atoms with Crippen molar-refractivity contribution < 1.29 is 27.5 Å². The monoisotopic (exact) mass is 416 g/mol. The van der Waals surface area contributed by atoms with Crippen molar-refractivity contribution in [1.82, 2.24) is 9.78 Å². The van der Waals surface area contributed by atoms with Gasteiger partial charge >= 0.3 is 0 Å². The van der Waals surface area contributed by atoms with Crippen molar-refractivity contribution >= 4 is 23.3 Å². The first kappa shape index (κ1) is 19.5. The van der Waals surface area contributed by atoms with Crippen LogP contribution in [0, 0.1) is 17.5 Å². The Kier molecular flexibility index (Phi) is 4.90. The molecule has 154 valence electrons. The molecule has 0 spiro atoms. The van der Waals surface area contributed by atoms with Crippen LogP contribution in [-0.2, 0) is 9.59 Å². The smallest absolute Gasteiger partial charge is 0.249 e. The number of hydrogen-bond donors (Lipinski definition) is 2. The van der Waals surface area contributed by atoms with Crippen molar-refractivity contribution in [3.63, 3.8) is 0 Å². The van der Waals surface area contributed by atoms with Gasteiger partial charge in [0, 0.05) is 28.9 Å². The van der Waals surface area contributed by atoms with E-state index >= 15 is 0 Å². The number of anilines is 2. The molecule has 0 radical (unpaired) electrons. The highest BCUT2D eigenvalue weighted by atomic mass is 19.2. The molecule has 0 saturated heterocycles. The fraction of sp³-hybridized carbons (Fsp3) is 0.150. The van der Waals surface area contributed by atoms with Gasteiger partial charge in [0.2, 0.25) is 11.8 Å². The van der Waals surface area contributed by atoms with E-state index in [1.165, 1.54) is 18.0 Å². The second kappa shape index (κ2) is 7.54. The Labute approximate surface area is 168 Å². The van der Waals surface area contributed by atoms with Gasteiger partial charge in [0.1, 0.15) is 17.6 Å². The third-order valence-corrected chi connectivity index (χ3v) is 4.68. The van der Waals surface area contributed by atoms with E-state index in [0.717, 1.165) is 0 Å². The SMILES string of the molecule is COc1ccccc1-c1cnn2c1NC(=O)C[C@H]2C(=O)Nc1cc(F)c(F)c(F)c1. The van der Waals surface area contributed by atoms with Crippen molar-refractivity contribution in [3.05, 3.63) is 60.0 Å². The Hall–Kier alpha value is -3.82. The number of fused-ring (bicyclic) bond motifs is 1. The van der Waals surface area contributed by atoms with E-state index < -0.39 is 35.3 Å². The number of ether oxygens (including phenoxy) is 1. The Morgan fingerprint density at radius 2 is 1.90 bits per heavy atom. The van der Waals surface area contributed by atoms with Gasteiger partial charge in [0.15, 0.2) is 17.5 Å². The van der Waals surface area contributed by atoms with Crippen LogP contribution in [0.2, 0.25) is 0 Å². The number of nitrogens with one attached hydrogen (secondary N) is 2. The van der Waals surface area contributed by atoms with Gasteiger partial charge in [-0.05, 0) is 6.07 Å². The van der Waals surface area contributed by atoms with Crippen LogP contribution >= 0.6 is 0 Å². The number of benzene rings is 2.